The quantitative estimate of drug-likeness (QED) is 0.111. The first-order valence-corrected chi connectivity index (χ1v) is 9.09. The monoisotopic (exact) mass is 423 g/mol. The summed E-state index contributed by atoms with van der Waals surface area (Å²) in [6.45, 7) is 6.28. The molecule has 0 aromatic heterocycles. The van der Waals surface area contributed by atoms with Crippen molar-refractivity contribution in [1.29, 1.82) is 0 Å². The fourth-order valence-corrected chi connectivity index (χ4v) is 3.36. The molecule has 1 fully saturated rings. The van der Waals surface area contributed by atoms with Gasteiger partial charge >= 0.3 is 8.80 Å². The van der Waals surface area contributed by atoms with Gasteiger partial charge < -0.3 is 27.5 Å². The van der Waals surface area contributed by atoms with Crippen molar-refractivity contribution in [3.05, 3.63) is 18.6 Å². The summed E-state index contributed by atoms with van der Waals surface area (Å²) in [5, 5.41) is 0. The van der Waals surface area contributed by atoms with E-state index in [-0.39, 0.29) is 38.1 Å². The molecule has 1 unspecified atom stereocenters. The zero-order valence-corrected chi connectivity index (χ0v) is 17.6. The van der Waals surface area contributed by atoms with Crippen molar-refractivity contribution in [3.63, 3.8) is 0 Å². The second-order valence-corrected chi connectivity index (χ2v) is 7.84. The van der Waals surface area contributed by atoms with E-state index in [1.807, 2.05) is 0 Å². The van der Waals surface area contributed by atoms with Gasteiger partial charge in [-0.1, -0.05) is 6.79 Å². The second-order valence-electron chi connectivity index (χ2n) is 4.92. The van der Waals surface area contributed by atoms with Crippen molar-refractivity contribution in [3.8, 4) is 0 Å². The van der Waals surface area contributed by atoms with Crippen LogP contribution < -0.4 is 0 Å². The minimum Gasteiger partial charge on any atom is -0.639 e. The standard InChI is InChI=1S/C14H25O7Si.Zr/c1-12(15)8-13(2)20-11-21-22(16-3,17-4)7-5-6-18-9-14-10-19-14;/h8,11,14H,5-7,9-10H2,1-4H3;/q-1;/b13-8+;. The Morgan fingerprint density at radius 2 is 2.00 bits per heavy atom. The summed E-state index contributed by atoms with van der Waals surface area (Å²) in [6, 6.07) is 0.598. The fourth-order valence-electron chi connectivity index (χ4n) is 1.71. The number of allylic oxidation sites excluding steroid dienone is 2. The molecule has 0 spiro atoms. The van der Waals surface area contributed by atoms with Crippen LogP contribution in [0.5, 0.6) is 0 Å². The molecular formula is C14H25O7SiZr-. The van der Waals surface area contributed by atoms with E-state index >= 15 is 0 Å². The minimum atomic E-state index is -2.82. The molecule has 0 N–H and O–H groups in total. The second kappa shape index (κ2) is 12.5. The van der Waals surface area contributed by atoms with E-state index in [4.69, 9.17) is 27.5 Å². The van der Waals surface area contributed by atoms with Gasteiger partial charge in [-0.2, -0.15) is 0 Å². The van der Waals surface area contributed by atoms with Crippen LogP contribution in [0.25, 0.3) is 0 Å². The zero-order valence-electron chi connectivity index (χ0n) is 14.1. The molecule has 0 radical (unpaired) electrons. The van der Waals surface area contributed by atoms with E-state index < -0.39 is 8.80 Å². The van der Waals surface area contributed by atoms with E-state index in [9.17, 15) is 4.79 Å². The van der Waals surface area contributed by atoms with Crippen molar-refractivity contribution in [2.45, 2.75) is 32.4 Å². The Morgan fingerprint density at radius 1 is 1.35 bits per heavy atom. The maximum Gasteiger partial charge on any atom is 0.471 e. The molecule has 0 bridgehead atoms. The van der Waals surface area contributed by atoms with Gasteiger partial charge in [0.2, 0.25) is 0 Å². The summed E-state index contributed by atoms with van der Waals surface area (Å²) < 4.78 is 32.1. The number of hydrogen-bond acceptors (Lipinski definition) is 7. The van der Waals surface area contributed by atoms with Crippen LogP contribution >= 0.6 is 0 Å². The fraction of sp³-hybridized carbons (Fsp3) is 0.714. The van der Waals surface area contributed by atoms with Crippen LogP contribution in [0.2, 0.25) is 6.04 Å². The Kier molecular flexibility index (Phi) is 12.5. The first-order valence-electron chi connectivity index (χ1n) is 7.16. The van der Waals surface area contributed by atoms with Crippen LogP contribution in [-0.4, -0.2) is 54.7 Å². The van der Waals surface area contributed by atoms with Crippen molar-refractivity contribution < 1.29 is 58.5 Å². The smallest absolute Gasteiger partial charge is 0.471 e. The SMILES string of the molecule is CO[Si](CCCOCC1CO1)(OC)O[CH-]O/C(C)=C/C(C)=O.[Zr]. The predicted molar refractivity (Wildman–Crippen MR) is 80.7 cm³/mol. The molecule has 1 aliphatic rings. The van der Waals surface area contributed by atoms with Crippen LogP contribution in [0.3, 0.4) is 0 Å². The maximum absolute atomic E-state index is 10.9. The molecular weight excluding hydrogens is 399 g/mol. The number of hydrogen-bond donors (Lipinski definition) is 0. The Hall–Kier alpha value is 0.110. The Morgan fingerprint density at radius 3 is 2.52 bits per heavy atom. The normalized spacial score (nSPS) is 17.6. The molecule has 1 heterocycles. The Balaban J connectivity index is 0.00000484. The number of epoxide rings is 1. The average Bonchev–Trinajstić information content (AvgIpc) is 3.28. The maximum atomic E-state index is 10.9. The summed E-state index contributed by atoms with van der Waals surface area (Å²) in [4.78, 5) is 10.9. The van der Waals surface area contributed by atoms with Crippen LogP contribution in [-0.2, 0) is 58.5 Å². The molecule has 132 valence electrons. The van der Waals surface area contributed by atoms with Gasteiger partial charge in [0, 0.05) is 59.2 Å². The van der Waals surface area contributed by atoms with Gasteiger partial charge in [0.15, 0.2) is 5.78 Å². The molecule has 0 aliphatic carbocycles. The first kappa shape index (κ1) is 23.1. The largest absolute Gasteiger partial charge is 0.639 e. The Bertz CT molecular complexity index is 370. The molecule has 1 aliphatic heterocycles. The number of carbonyl (C=O) groups is 1. The summed E-state index contributed by atoms with van der Waals surface area (Å²) in [6.07, 6.45) is 2.38. The van der Waals surface area contributed by atoms with Crippen molar-refractivity contribution in [1.82, 2.24) is 0 Å². The third-order valence-electron chi connectivity index (χ3n) is 2.97. The predicted octanol–water partition coefficient (Wildman–Crippen LogP) is 1.67. The number of rotatable bonds is 13. The molecule has 9 heteroatoms. The van der Waals surface area contributed by atoms with Crippen LogP contribution in [0.4, 0.5) is 0 Å². The van der Waals surface area contributed by atoms with Crippen LogP contribution in [0.15, 0.2) is 11.8 Å². The van der Waals surface area contributed by atoms with Gasteiger partial charge in [-0.05, 0) is 20.3 Å². The third kappa shape index (κ3) is 10.6. The summed E-state index contributed by atoms with van der Waals surface area (Å²) in [5.41, 5.74) is 0. The molecule has 0 aromatic carbocycles. The van der Waals surface area contributed by atoms with Gasteiger partial charge in [0.05, 0.1) is 19.0 Å². The van der Waals surface area contributed by atoms with E-state index in [1.165, 1.54) is 13.0 Å². The molecule has 7 nitrogen and oxygen atoms in total. The topological polar surface area (TPSA) is 75.8 Å². The molecule has 1 rings (SSSR count). The van der Waals surface area contributed by atoms with Gasteiger partial charge in [-0.25, -0.2) is 0 Å². The molecule has 0 saturated carbocycles. The van der Waals surface area contributed by atoms with Crippen molar-refractivity contribution in [2.24, 2.45) is 0 Å². The first-order chi connectivity index (χ1) is 10.5. The van der Waals surface area contributed by atoms with Gasteiger partial charge in [0.1, 0.15) is 6.10 Å². The molecule has 0 aromatic rings. The number of ketones is 1. The molecule has 0 amide bonds. The van der Waals surface area contributed by atoms with Crippen molar-refractivity contribution >= 4 is 14.6 Å². The third-order valence-corrected chi connectivity index (χ3v) is 5.63. The average molecular weight is 425 g/mol. The van der Waals surface area contributed by atoms with Crippen LogP contribution in [0, 0.1) is 6.79 Å². The van der Waals surface area contributed by atoms with E-state index in [2.05, 4.69) is 0 Å². The van der Waals surface area contributed by atoms with Gasteiger partial charge in [-0.15, -0.1) is 0 Å². The van der Waals surface area contributed by atoms with Crippen LogP contribution in [0.1, 0.15) is 20.3 Å². The van der Waals surface area contributed by atoms with Gasteiger partial charge in [0.25, 0.3) is 0 Å². The Labute approximate surface area is 158 Å². The summed E-state index contributed by atoms with van der Waals surface area (Å²) in [5.74, 6) is 0.347. The van der Waals surface area contributed by atoms with E-state index in [0.717, 1.165) is 19.8 Å². The summed E-state index contributed by atoms with van der Waals surface area (Å²) in [7, 11) is 0.269. The number of carbonyl (C=O) groups excluding carboxylic acids is 1. The van der Waals surface area contributed by atoms with Gasteiger partial charge in [-0.3, -0.25) is 4.79 Å². The summed E-state index contributed by atoms with van der Waals surface area (Å²) >= 11 is 0. The minimum absolute atomic E-state index is 0. The van der Waals surface area contributed by atoms with E-state index in [1.54, 1.807) is 21.1 Å². The number of ether oxygens (including phenoxy) is 3. The molecule has 1 atom stereocenters. The van der Waals surface area contributed by atoms with E-state index in [0.29, 0.717) is 25.0 Å². The zero-order chi connectivity index (χ0) is 16.4. The molecule has 1 saturated heterocycles. The molecule has 23 heavy (non-hydrogen) atoms. The van der Waals surface area contributed by atoms with Crippen molar-refractivity contribution in [2.75, 3.05) is 34.0 Å².